The zero-order chi connectivity index (χ0) is 17.3. The minimum atomic E-state index is 0. The van der Waals surface area contributed by atoms with Crippen LogP contribution in [0, 0.1) is 0 Å². The molecule has 2 aromatic heterocycles. The van der Waals surface area contributed by atoms with Gasteiger partial charge in [0.05, 0.1) is 6.54 Å². The first kappa shape index (κ1) is 19.9. The lowest BCUT2D eigenvalue weighted by molar-refractivity contribution is 0.815. The fourth-order valence-corrected chi connectivity index (χ4v) is 2.39. The van der Waals surface area contributed by atoms with Crippen molar-refractivity contribution in [1.29, 1.82) is 0 Å². The third-order valence-electron chi connectivity index (χ3n) is 3.65. The number of nitrogens with one attached hydrogen (secondary N) is 2. The number of imidazole rings is 1. The van der Waals surface area contributed by atoms with Crippen LogP contribution in [0.4, 0.5) is 0 Å². The average molecular weight is 462 g/mol. The van der Waals surface area contributed by atoms with Crippen molar-refractivity contribution in [3.63, 3.8) is 0 Å². The molecule has 0 aliphatic carbocycles. The Labute approximate surface area is 170 Å². The zero-order valence-corrected chi connectivity index (χ0v) is 17.0. The second kappa shape index (κ2) is 10.5. The van der Waals surface area contributed by atoms with Gasteiger partial charge >= 0.3 is 0 Å². The number of aliphatic imine (C=N–C) groups is 1. The number of guanidine groups is 1. The maximum Gasteiger partial charge on any atom is 0.191 e. The van der Waals surface area contributed by atoms with E-state index >= 15 is 0 Å². The summed E-state index contributed by atoms with van der Waals surface area (Å²) >= 11 is 0. The molecule has 26 heavy (non-hydrogen) atoms. The largest absolute Gasteiger partial charge is 0.357 e. The second-order valence-electron chi connectivity index (χ2n) is 5.53. The Morgan fingerprint density at radius 2 is 1.92 bits per heavy atom. The second-order valence-corrected chi connectivity index (χ2v) is 5.53. The molecule has 7 heteroatoms. The first-order valence-electron chi connectivity index (χ1n) is 8.34. The summed E-state index contributed by atoms with van der Waals surface area (Å²) in [6.07, 6.45) is 7.15. The maximum atomic E-state index is 4.66. The Morgan fingerprint density at radius 1 is 1.08 bits per heavy atom. The molecule has 0 amide bonds. The molecule has 0 aliphatic rings. The lowest BCUT2D eigenvalue weighted by Gasteiger charge is -2.11. The van der Waals surface area contributed by atoms with Crippen LogP contribution in [0.15, 0.2) is 72.4 Å². The predicted octanol–water partition coefficient (Wildman–Crippen LogP) is 3.14. The third kappa shape index (κ3) is 5.83. The molecule has 136 valence electrons. The summed E-state index contributed by atoms with van der Waals surface area (Å²) in [5.41, 5.74) is 2.31. The fourth-order valence-electron chi connectivity index (χ4n) is 2.39. The van der Waals surface area contributed by atoms with Gasteiger partial charge in [-0.1, -0.05) is 30.3 Å². The molecule has 0 fully saturated rings. The molecule has 0 aliphatic heterocycles. The predicted molar refractivity (Wildman–Crippen MR) is 115 cm³/mol. The first-order chi connectivity index (χ1) is 12.3. The van der Waals surface area contributed by atoms with E-state index in [0.29, 0.717) is 6.54 Å². The Morgan fingerprint density at radius 3 is 2.65 bits per heavy atom. The van der Waals surface area contributed by atoms with E-state index in [9.17, 15) is 0 Å². The molecule has 6 nitrogen and oxygen atoms in total. The van der Waals surface area contributed by atoms with Gasteiger partial charge in [0.1, 0.15) is 12.1 Å². The van der Waals surface area contributed by atoms with Crippen LogP contribution in [0.2, 0.25) is 0 Å². The normalized spacial score (nSPS) is 10.9. The Bertz CT molecular complexity index is 802. The van der Waals surface area contributed by atoms with E-state index in [1.54, 1.807) is 18.7 Å². The Balaban J connectivity index is 0.00000243. The third-order valence-corrected chi connectivity index (χ3v) is 3.65. The maximum absolute atomic E-state index is 4.66. The topological polar surface area (TPSA) is 67.1 Å². The first-order valence-corrected chi connectivity index (χ1v) is 8.34. The summed E-state index contributed by atoms with van der Waals surface area (Å²) < 4.78 is 1.88. The summed E-state index contributed by atoms with van der Waals surface area (Å²) in [5.74, 6) is 1.64. The number of nitrogens with zero attached hydrogens (tertiary/aromatic N) is 4. The molecule has 0 radical (unpaired) electrons. The molecule has 0 saturated carbocycles. The SMILES string of the molecule is CCNC(=NCc1ccnc(-n2ccnc2)c1)NCc1ccccc1.I. The van der Waals surface area contributed by atoms with E-state index in [1.807, 2.05) is 41.1 Å². The lowest BCUT2D eigenvalue weighted by Crippen LogP contribution is -2.36. The van der Waals surface area contributed by atoms with Crippen molar-refractivity contribution >= 4 is 29.9 Å². The van der Waals surface area contributed by atoms with Gasteiger partial charge in [-0.2, -0.15) is 0 Å². The summed E-state index contributed by atoms with van der Waals surface area (Å²) in [5, 5.41) is 6.63. The number of halogens is 1. The van der Waals surface area contributed by atoms with Gasteiger partial charge in [0, 0.05) is 31.7 Å². The summed E-state index contributed by atoms with van der Waals surface area (Å²) in [7, 11) is 0. The molecule has 2 N–H and O–H groups in total. The van der Waals surface area contributed by atoms with Crippen LogP contribution in [0.5, 0.6) is 0 Å². The van der Waals surface area contributed by atoms with Crippen LogP contribution >= 0.6 is 24.0 Å². The highest BCUT2D eigenvalue weighted by Gasteiger charge is 2.01. The van der Waals surface area contributed by atoms with Crippen LogP contribution in [0.3, 0.4) is 0 Å². The van der Waals surface area contributed by atoms with E-state index in [2.05, 4.69) is 44.7 Å². The standard InChI is InChI=1S/C19H22N6.HI/c1-2-21-19(23-13-16-6-4-3-5-7-16)24-14-17-8-9-22-18(12-17)25-11-10-20-15-25;/h3-12,15H,2,13-14H2,1H3,(H2,21,23,24);1H. The zero-order valence-electron chi connectivity index (χ0n) is 14.7. The van der Waals surface area contributed by atoms with Gasteiger partial charge in [0.2, 0.25) is 0 Å². The van der Waals surface area contributed by atoms with Crippen LogP contribution in [0.1, 0.15) is 18.1 Å². The molecular weight excluding hydrogens is 439 g/mol. The molecule has 0 unspecified atom stereocenters. The van der Waals surface area contributed by atoms with E-state index in [4.69, 9.17) is 0 Å². The molecular formula is C19H23IN6. The van der Waals surface area contributed by atoms with Gasteiger partial charge in [-0.3, -0.25) is 4.57 Å². The van der Waals surface area contributed by atoms with Crippen molar-refractivity contribution in [1.82, 2.24) is 25.2 Å². The van der Waals surface area contributed by atoms with Crippen molar-refractivity contribution in [3.8, 4) is 5.82 Å². The number of rotatable bonds is 6. The highest BCUT2D eigenvalue weighted by atomic mass is 127. The van der Waals surface area contributed by atoms with Crippen molar-refractivity contribution in [2.75, 3.05) is 6.54 Å². The van der Waals surface area contributed by atoms with Crippen molar-refractivity contribution in [2.45, 2.75) is 20.0 Å². The van der Waals surface area contributed by atoms with E-state index in [-0.39, 0.29) is 24.0 Å². The van der Waals surface area contributed by atoms with Gasteiger partial charge < -0.3 is 10.6 Å². The molecule has 0 bridgehead atoms. The number of pyridine rings is 1. The smallest absolute Gasteiger partial charge is 0.191 e. The average Bonchev–Trinajstić information content (AvgIpc) is 3.20. The molecule has 3 rings (SSSR count). The van der Waals surface area contributed by atoms with Crippen LogP contribution in [-0.4, -0.2) is 27.0 Å². The number of benzene rings is 1. The summed E-state index contributed by atoms with van der Waals surface area (Å²) in [6, 6.07) is 14.3. The molecule has 0 atom stereocenters. The molecule has 2 heterocycles. The highest BCUT2D eigenvalue weighted by molar-refractivity contribution is 14.0. The van der Waals surface area contributed by atoms with Crippen molar-refractivity contribution < 1.29 is 0 Å². The van der Waals surface area contributed by atoms with E-state index in [1.165, 1.54) is 5.56 Å². The number of aromatic nitrogens is 3. The molecule has 3 aromatic rings. The minimum Gasteiger partial charge on any atom is -0.357 e. The number of hydrogen-bond donors (Lipinski definition) is 2. The van der Waals surface area contributed by atoms with E-state index in [0.717, 1.165) is 30.4 Å². The van der Waals surface area contributed by atoms with Crippen molar-refractivity contribution in [2.24, 2.45) is 4.99 Å². The molecule has 1 aromatic carbocycles. The monoisotopic (exact) mass is 462 g/mol. The van der Waals surface area contributed by atoms with Gasteiger partial charge in [-0.05, 0) is 30.2 Å². The van der Waals surface area contributed by atoms with E-state index < -0.39 is 0 Å². The molecule has 0 spiro atoms. The van der Waals surface area contributed by atoms with Gasteiger partial charge in [0.15, 0.2) is 5.96 Å². The highest BCUT2D eigenvalue weighted by Crippen LogP contribution is 2.08. The van der Waals surface area contributed by atoms with Crippen LogP contribution in [0.25, 0.3) is 5.82 Å². The van der Waals surface area contributed by atoms with Crippen LogP contribution in [-0.2, 0) is 13.1 Å². The molecule has 0 saturated heterocycles. The Kier molecular flexibility index (Phi) is 8.07. The van der Waals surface area contributed by atoms with Gasteiger partial charge in [-0.25, -0.2) is 15.0 Å². The summed E-state index contributed by atoms with van der Waals surface area (Å²) in [4.78, 5) is 13.1. The lowest BCUT2D eigenvalue weighted by atomic mass is 10.2. The van der Waals surface area contributed by atoms with Gasteiger partial charge in [-0.15, -0.1) is 24.0 Å². The van der Waals surface area contributed by atoms with Crippen molar-refractivity contribution in [3.05, 3.63) is 78.5 Å². The fraction of sp³-hybridized carbons (Fsp3) is 0.211. The van der Waals surface area contributed by atoms with Gasteiger partial charge in [0.25, 0.3) is 0 Å². The van der Waals surface area contributed by atoms with Crippen LogP contribution < -0.4 is 10.6 Å². The summed E-state index contributed by atoms with van der Waals surface area (Å²) in [6.45, 7) is 4.19. The minimum absolute atomic E-state index is 0. The Hall–Kier alpha value is -2.42. The quantitative estimate of drug-likeness (QED) is 0.336. The number of hydrogen-bond acceptors (Lipinski definition) is 3.